The first-order chi connectivity index (χ1) is 13.3. The van der Waals surface area contributed by atoms with Gasteiger partial charge in [0.15, 0.2) is 5.65 Å². The number of benzene rings is 1. The van der Waals surface area contributed by atoms with E-state index in [4.69, 9.17) is 4.74 Å². The van der Waals surface area contributed by atoms with Gasteiger partial charge in [-0.3, -0.25) is 4.79 Å². The zero-order chi connectivity index (χ0) is 20.4. The summed E-state index contributed by atoms with van der Waals surface area (Å²) in [5, 5.41) is 8.06. The number of nitrogens with one attached hydrogen (secondary N) is 1. The Morgan fingerprint density at radius 1 is 1.36 bits per heavy atom. The fourth-order valence-electron chi connectivity index (χ4n) is 3.31. The van der Waals surface area contributed by atoms with Gasteiger partial charge in [-0.1, -0.05) is 15.9 Å². The maximum Gasteiger partial charge on any atom is 0.242 e. The van der Waals surface area contributed by atoms with Crippen molar-refractivity contribution in [1.29, 1.82) is 0 Å². The molecule has 2 heterocycles. The Kier molecular flexibility index (Phi) is 5.98. The Hall–Kier alpha value is -2.48. The summed E-state index contributed by atoms with van der Waals surface area (Å²) < 4.78 is 21.2. The first-order valence-corrected chi connectivity index (χ1v) is 9.68. The number of fused-ring (bicyclic) bond motifs is 1. The number of hydrogen-bond donors (Lipinski definition) is 1. The third-order valence-electron chi connectivity index (χ3n) is 4.80. The minimum absolute atomic E-state index is 0.104. The lowest BCUT2D eigenvalue weighted by atomic mass is 10.00. The molecule has 0 saturated heterocycles. The molecule has 0 aliphatic rings. The molecule has 1 aromatic carbocycles. The van der Waals surface area contributed by atoms with Crippen molar-refractivity contribution in [2.75, 3.05) is 7.11 Å². The van der Waals surface area contributed by atoms with Crippen LogP contribution in [-0.2, 0) is 24.8 Å². The average Bonchev–Trinajstić information content (AvgIpc) is 2.98. The van der Waals surface area contributed by atoms with Gasteiger partial charge < -0.3 is 10.1 Å². The normalized spacial score (nSPS) is 11.1. The van der Waals surface area contributed by atoms with Crippen LogP contribution in [0.5, 0.6) is 5.88 Å². The third kappa shape index (κ3) is 4.01. The van der Waals surface area contributed by atoms with Gasteiger partial charge in [0.2, 0.25) is 11.8 Å². The van der Waals surface area contributed by atoms with Gasteiger partial charge in [0.05, 0.1) is 12.5 Å². The Morgan fingerprint density at radius 2 is 2.11 bits per heavy atom. The van der Waals surface area contributed by atoms with Crippen LogP contribution in [0.4, 0.5) is 4.39 Å². The highest BCUT2D eigenvalue weighted by Gasteiger charge is 2.18. The van der Waals surface area contributed by atoms with Gasteiger partial charge in [-0.15, -0.1) is 5.10 Å². The number of hydrogen-bond acceptors (Lipinski definition) is 4. The van der Waals surface area contributed by atoms with Crippen molar-refractivity contribution in [2.45, 2.75) is 33.2 Å². The Labute approximate surface area is 171 Å². The SMILES string of the molecule is COc1nn(C)c2nc(C)c(CCC(=O)NCc3cc(F)ccc3Br)c(C)c12. The van der Waals surface area contributed by atoms with Gasteiger partial charge in [0.25, 0.3) is 0 Å². The molecule has 3 rings (SSSR count). The number of amides is 1. The largest absolute Gasteiger partial charge is 0.479 e. The fraction of sp³-hybridized carbons (Fsp3) is 0.350. The number of aryl methyl sites for hydroxylation is 3. The second-order valence-electron chi connectivity index (χ2n) is 6.64. The summed E-state index contributed by atoms with van der Waals surface area (Å²) in [6, 6.07) is 4.41. The molecule has 1 amide bonds. The van der Waals surface area contributed by atoms with Crippen LogP contribution in [-0.4, -0.2) is 27.8 Å². The number of carbonyl (C=O) groups excluding carboxylic acids is 1. The Bertz CT molecular complexity index is 1050. The number of methoxy groups -OCH3 is 1. The molecule has 8 heteroatoms. The summed E-state index contributed by atoms with van der Waals surface area (Å²) in [7, 11) is 3.41. The van der Waals surface area contributed by atoms with Crippen molar-refractivity contribution in [3.05, 3.63) is 50.9 Å². The number of halogens is 2. The number of aromatic nitrogens is 3. The quantitative estimate of drug-likeness (QED) is 0.623. The molecule has 148 valence electrons. The fourth-order valence-corrected chi connectivity index (χ4v) is 3.69. The molecule has 0 atom stereocenters. The molecule has 3 aromatic rings. The minimum atomic E-state index is -0.330. The van der Waals surface area contributed by atoms with Crippen LogP contribution in [0.3, 0.4) is 0 Å². The number of carbonyl (C=O) groups is 1. The van der Waals surface area contributed by atoms with Gasteiger partial charge in [-0.05, 0) is 55.2 Å². The molecule has 0 aliphatic carbocycles. The van der Waals surface area contributed by atoms with Crippen molar-refractivity contribution in [3.8, 4) is 5.88 Å². The molecule has 0 unspecified atom stereocenters. The molecule has 0 aliphatic heterocycles. The van der Waals surface area contributed by atoms with Crippen LogP contribution in [0.2, 0.25) is 0 Å². The smallest absolute Gasteiger partial charge is 0.242 e. The Balaban J connectivity index is 1.72. The van der Waals surface area contributed by atoms with E-state index in [0.717, 1.165) is 32.3 Å². The molecule has 1 N–H and O–H groups in total. The van der Waals surface area contributed by atoms with Crippen LogP contribution in [0.15, 0.2) is 22.7 Å². The van der Waals surface area contributed by atoms with Crippen LogP contribution in [0, 0.1) is 19.7 Å². The molecule has 0 radical (unpaired) electrons. The Morgan fingerprint density at radius 3 is 2.82 bits per heavy atom. The van der Waals surface area contributed by atoms with E-state index in [1.807, 2.05) is 20.9 Å². The standard InChI is InChI=1S/C20H22BrFN4O2/c1-11-15(12(2)24-19-18(11)20(28-4)25-26(19)3)6-8-17(27)23-10-13-9-14(22)5-7-16(13)21/h5,7,9H,6,8,10H2,1-4H3,(H,23,27). The topological polar surface area (TPSA) is 69.0 Å². The highest BCUT2D eigenvalue weighted by molar-refractivity contribution is 9.10. The van der Waals surface area contributed by atoms with Crippen molar-refractivity contribution < 1.29 is 13.9 Å². The van der Waals surface area contributed by atoms with E-state index in [9.17, 15) is 9.18 Å². The molecule has 28 heavy (non-hydrogen) atoms. The van der Waals surface area contributed by atoms with Crippen LogP contribution in [0.25, 0.3) is 11.0 Å². The third-order valence-corrected chi connectivity index (χ3v) is 5.58. The van der Waals surface area contributed by atoms with Crippen molar-refractivity contribution in [1.82, 2.24) is 20.1 Å². The predicted molar refractivity (Wildman–Crippen MR) is 109 cm³/mol. The van der Waals surface area contributed by atoms with Gasteiger partial charge in [-0.25, -0.2) is 14.1 Å². The summed E-state index contributed by atoms with van der Waals surface area (Å²) in [5.41, 5.74) is 4.37. The maximum absolute atomic E-state index is 13.4. The highest BCUT2D eigenvalue weighted by Crippen LogP contribution is 2.30. The van der Waals surface area contributed by atoms with E-state index in [2.05, 4.69) is 31.3 Å². The highest BCUT2D eigenvalue weighted by atomic mass is 79.9. The molecule has 6 nitrogen and oxygen atoms in total. The first-order valence-electron chi connectivity index (χ1n) is 8.89. The van der Waals surface area contributed by atoms with E-state index in [1.54, 1.807) is 17.9 Å². The monoisotopic (exact) mass is 448 g/mol. The second kappa shape index (κ2) is 8.26. The van der Waals surface area contributed by atoms with E-state index >= 15 is 0 Å². The van der Waals surface area contributed by atoms with Crippen LogP contribution >= 0.6 is 15.9 Å². The van der Waals surface area contributed by atoms with E-state index < -0.39 is 0 Å². The lowest BCUT2D eigenvalue weighted by molar-refractivity contribution is -0.121. The molecule has 0 fully saturated rings. The summed E-state index contributed by atoms with van der Waals surface area (Å²) >= 11 is 3.37. The predicted octanol–water partition coefficient (Wildman–Crippen LogP) is 3.74. The number of rotatable bonds is 6. The van der Waals surface area contributed by atoms with Crippen LogP contribution < -0.4 is 10.1 Å². The van der Waals surface area contributed by atoms with Crippen LogP contribution in [0.1, 0.15) is 28.8 Å². The zero-order valence-electron chi connectivity index (χ0n) is 16.3. The van der Waals surface area contributed by atoms with Crippen molar-refractivity contribution >= 4 is 32.9 Å². The molecule has 0 spiro atoms. The zero-order valence-corrected chi connectivity index (χ0v) is 17.9. The molecule has 0 bridgehead atoms. The van der Waals surface area contributed by atoms with E-state index in [-0.39, 0.29) is 18.3 Å². The minimum Gasteiger partial charge on any atom is -0.479 e. The summed E-state index contributed by atoms with van der Waals surface area (Å²) in [6.07, 6.45) is 0.860. The number of pyridine rings is 1. The van der Waals surface area contributed by atoms with Crippen molar-refractivity contribution in [3.63, 3.8) is 0 Å². The second-order valence-corrected chi connectivity index (χ2v) is 7.50. The van der Waals surface area contributed by atoms with Gasteiger partial charge in [0.1, 0.15) is 5.82 Å². The maximum atomic E-state index is 13.4. The molecular formula is C20H22BrFN4O2. The molecule has 0 saturated carbocycles. The van der Waals surface area contributed by atoms with Crippen molar-refractivity contribution in [2.24, 2.45) is 7.05 Å². The first kappa shape index (κ1) is 20.3. The molecular weight excluding hydrogens is 427 g/mol. The van der Waals surface area contributed by atoms with Gasteiger partial charge >= 0.3 is 0 Å². The summed E-state index contributed by atoms with van der Waals surface area (Å²) in [4.78, 5) is 17.0. The van der Waals surface area contributed by atoms with Gasteiger partial charge in [-0.2, -0.15) is 0 Å². The summed E-state index contributed by atoms with van der Waals surface area (Å²) in [6.45, 7) is 4.20. The number of nitrogens with zero attached hydrogens (tertiary/aromatic N) is 3. The number of ether oxygens (including phenoxy) is 1. The summed E-state index contributed by atoms with van der Waals surface area (Å²) in [5.74, 6) is 0.0980. The van der Waals surface area contributed by atoms with E-state index in [1.165, 1.54) is 12.1 Å². The lowest BCUT2D eigenvalue weighted by Crippen LogP contribution is -2.23. The van der Waals surface area contributed by atoms with Gasteiger partial charge in [0, 0.05) is 30.2 Å². The average molecular weight is 449 g/mol. The molecule has 2 aromatic heterocycles. The van der Waals surface area contributed by atoms with E-state index in [0.29, 0.717) is 24.3 Å². The lowest BCUT2D eigenvalue weighted by Gasteiger charge is -2.12.